The first-order valence-electron chi connectivity index (χ1n) is 10.8. The van der Waals surface area contributed by atoms with Crippen LogP contribution in [0.4, 0.5) is 0 Å². The molecule has 0 saturated heterocycles. The molecule has 3 nitrogen and oxygen atoms in total. The van der Waals surface area contributed by atoms with E-state index < -0.39 is 0 Å². The molecule has 0 radical (unpaired) electrons. The lowest BCUT2D eigenvalue weighted by molar-refractivity contribution is -0.111. The lowest BCUT2D eigenvalue weighted by Gasteiger charge is -2.47. The molecular formula is C23H35Cl3N2OS. The smallest absolute Gasteiger partial charge is 0.207 e. The van der Waals surface area contributed by atoms with Gasteiger partial charge in [0.15, 0.2) is 0 Å². The van der Waals surface area contributed by atoms with E-state index in [1.807, 2.05) is 6.07 Å². The van der Waals surface area contributed by atoms with Crippen molar-refractivity contribution >= 4 is 53.2 Å². The van der Waals surface area contributed by atoms with Gasteiger partial charge in [0.25, 0.3) is 0 Å². The number of benzene rings is 1. The fourth-order valence-corrected chi connectivity index (χ4v) is 6.27. The summed E-state index contributed by atoms with van der Waals surface area (Å²) >= 11 is 19.3. The Balaban J connectivity index is 0.000000214. The summed E-state index contributed by atoms with van der Waals surface area (Å²) < 4.78 is 3.26. The van der Waals surface area contributed by atoms with E-state index in [0.717, 1.165) is 35.0 Å². The topological polar surface area (TPSA) is 41.1 Å². The monoisotopic (exact) mass is 492 g/mol. The normalized spacial score (nSPS) is 28.3. The van der Waals surface area contributed by atoms with Crippen molar-refractivity contribution in [2.24, 2.45) is 23.7 Å². The maximum Gasteiger partial charge on any atom is 0.207 e. The Kier molecular flexibility index (Phi) is 10.1. The molecule has 0 spiro atoms. The standard InChI is InChI=1S/C13H23NO.C10H12Cl3NS/c1-3-11-6-10-4-9(2)5-12(7-10)13(11)14-8-15;1-10(2,3)14-15-7-5-4-6(11)8(12)9(7)13/h8-13H,3-7H2,1-2H3,(H,14,15);4-5,14H,1-3H3. The largest absolute Gasteiger partial charge is 0.355 e. The van der Waals surface area contributed by atoms with E-state index in [1.165, 1.54) is 44.1 Å². The molecule has 2 bridgehead atoms. The van der Waals surface area contributed by atoms with Gasteiger partial charge in [-0.05, 0) is 94.2 Å². The van der Waals surface area contributed by atoms with Gasteiger partial charge in [-0.15, -0.1) is 0 Å². The van der Waals surface area contributed by atoms with Crippen LogP contribution in [0, 0.1) is 23.7 Å². The fourth-order valence-electron chi connectivity index (χ4n) is 4.81. The Labute approximate surface area is 201 Å². The highest BCUT2D eigenvalue weighted by molar-refractivity contribution is 7.97. The van der Waals surface area contributed by atoms with Crippen LogP contribution in [-0.4, -0.2) is 18.0 Å². The van der Waals surface area contributed by atoms with Crippen LogP contribution < -0.4 is 10.0 Å². The van der Waals surface area contributed by atoms with Gasteiger partial charge in [-0.2, -0.15) is 0 Å². The van der Waals surface area contributed by atoms with Crippen molar-refractivity contribution in [1.29, 1.82) is 0 Å². The first kappa shape index (κ1) is 26.1. The predicted molar refractivity (Wildman–Crippen MR) is 132 cm³/mol. The molecule has 3 rings (SSSR count). The van der Waals surface area contributed by atoms with Crippen LogP contribution in [0.15, 0.2) is 17.0 Å². The second-order valence-electron chi connectivity index (χ2n) is 9.78. The fraction of sp³-hybridized carbons (Fsp3) is 0.696. The lowest BCUT2D eigenvalue weighted by Crippen LogP contribution is -2.49. The van der Waals surface area contributed by atoms with Gasteiger partial charge in [0.1, 0.15) is 0 Å². The minimum Gasteiger partial charge on any atom is -0.355 e. The zero-order chi connectivity index (χ0) is 22.5. The van der Waals surface area contributed by atoms with Gasteiger partial charge in [-0.25, -0.2) is 0 Å². The van der Waals surface area contributed by atoms with Crippen molar-refractivity contribution in [3.8, 4) is 0 Å². The van der Waals surface area contributed by atoms with Crippen molar-refractivity contribution in [1.82, 2.24) is 10.0 Å². The molecule has 5 atom stereocenters. The van der Waals surface area contributed by atoms with Crippen molar-refractivity contribution < 1.29 is 4.79 Å². The summed E-state index contributed by atoms with van der Waals surface area (Å²) in [6, 6.07) is 4.05. The maximum atomic E-state index is 10.7. The number of rotatable bonds is 5. The molecule has 30 heavy (non-hydrogen) atoms. The highest BCUT2D eigenvalue weighted by atomic mass is 35.5. The number of amides is 1. The van der Waals surface area contributed by atoms with Gasteiger partial charge >= 0.3 is 0 Å². The van der Waals surface area contributed by atoms with Crippen molar-refractivity contribution in [3.05, 3.63) is 27.2 Å². The number of hydrogen-bond donors (Lipinski definition) is 2. The molecule has 1 aromatic rings. The molecule has 170 valence electrons. The molecule has 0 heterocycles. The molecule has 2 fully saturated rings. The third-order valence-corrected chi connectivity index (χ3v) is 8.66. The van der Waals surface area contributed by atoms with Gasteiger partial charge in [-0.1, -0.05) is 55.1 Å². The molecule has 2 aliphatic carbocycles. The van der Waals surface area contributed by atoms with Gasteiger partial charge < -0.3 is 5.32 Å². The molecule has 5 unspecified atom stereocenters. The number of nitrogens with one attached hydrogen (secondary N) is 2. The summed E-state index contributed by atoms with van der Waals surface area (Å²) in [6.07, 6.45) is 7.55. The molecule has 1 amide bonds. The van der Waals surface area contributed by atoms with E-state index in [1.54, 1.807) is 6.07 Å². The minimum absolute atomic E-state index is 0.0140. The van der Waals surface area contributed by atoms with Gasteiger partial charge in [-0.3, -0.25) is 9.52 Å². The summed E-state index contributed by atoms with van der Waals surface area (Å²) in [5.74, 6) is 3.28. The Morgan fingerprint density at radius 1 is 1.10 bits per heavy atom. The molecule has 2 N–H and O–H groups in total. The third-order valence-electron chi connectivity index (χ3n) is 5.98. The van der Waals surface area contributed by atoms with Crippen LogP contribution in [0.1, 0.15) is 66.7 Å². The van der Waals surface area contributed by atoms with Crippen molar-refractivity contribution in [2.45, 2.75) is 83.2 Å². The molecule has 2 saturated carbocycles. The Morgan fingerprint density at radius 2 is 1.80 bits per heavy atom. The first-order valence-corrected chi connectivity index (χ1v) is 12.8. The molecule has 2 aliphatic rings. The highest BCUT2D eigenvalue weighted by Gasteiger charge is 2.40. The Morgan fingerprint density at radius 3 is 2.40 bits per heavy atom. The van der Waals surface area contributed by atoms with Gasteiger partial charge in [0.2, 0.25) is 6.41 Å². The number of carbonyl (C=O) groups excluding carboxylic acids is 1. The molecule has 1 aromatic carbocycles. The number of fused-ring (bicyclic) bond motifs is 2. The summed E-state index contributed by atoms with van der Waals surface area (Å²) in [7, 11) is 0. The minimum atomic E-state index is 0.0140. The second kappa shape index (κ2) is 11.7. The van der Waals surface area contributed by atoms with E-state index in [2.05, 4.69) is 44.7 Å². The first-order chi connectivity index (χ1) is 14.1. The number of carbonyl (C=O) groups is 1. The maximum absolute atomic E-state index is 10.7. The van der Waals surface area contributed by atoms with Gasteiger partial charge in [0.05, 0.1) is 15.1 Å². The SMILES string of the molecule is CC(C)(C)NSc1ccc(Cl)c(Cl)c1Cl.CCC1CC2CC(C)CC(C2)C1NC=O. The zero-order valence-electron chi connectivity index (χ0n) is 18.6. The Hall–Kier alpha value is -0.130. The van der Waals surface area contributed by atoms with Crippen molar-refractivity contribution in [3.63, 3.8) is 0 Å². The molecule has 7 heteroatoms. The highest BCUT2D eigenvalue weighted by Crippen LogP contribution is 2.45. The van der Waals surface area contributed by atoms with Crippen LogP contribution in [0.3, 0.4) is 0 Å². The quantitative estimate of drug-likeness (QED) is 0.252. The zero-order valence-corrected chi connectivity index (χ0v) is 21.7. The van der Waals surface area contributed by atoms with Crippen LogP contribution >= 0.6 is 46.8 Å². The van der Waals surface area contributed by atoms with E-state index >= 15 is 0 Å². The van der Waals surface area contributed by atoms with Crippen molar-refractivity contribution in [2.75, 3.05) is 0 Å². The molecule has 0 aliphatic heterocycles. The van der Waals surface area contributed by atoms with E-state index in [9.17, 15) is 4.79 Å². The summed E-state index contributed by atoms with van der Waals surface area (Å²) in [4.78, 5) is 11.5. The van der Waals surface area contributed by atoms with E-state index in [-0.39, 0.29) is 5.54 Å². The lowest BCUT2D eigenvalue weighted by atomic mass is 9.62. The summed E-state index contributed by atoms with van der Waals surface area (Å²) in [5, 5.41) is 4.45. The predicted octanol–water partition coefficient (Wildman–Crippen LogP) is 7.63. The average Bonchev–Trinajstić information content (AvgIpc) is 2.67. The summed E-state index contributed by atoms with van der Waals surface area (Å²) in [5.41, 5.74) is 0.0140. The van der Waals surface area contributed by atoms with E-state index in [4.69, 9.17) is 34.8 Å². The summed E-state index contributed by atoms with van der Waals surface area (Å²) in [6.45, 7) is 10.8. The molecular weight excluding hydrogens is 459 g/mol. The van der Waals surface area contributed by atoms with Crippen LogP contribution in [-0.2, 0) is 4.79 Å². The van der Waals surface area contributed by atoms with Gasteiger partial charge in [0, 0.05) is 16.5 Å². The van der Waals surface area contributed by atoms with Crippen LogP contribution in [0.2, 0.25) is 15.1 Å². The van der Waals surface area contributed by atoms with Crippen LogP contribution in [0.5, 0.6) is 0 Å². The van der Waals surface area contributed by atoms with Crippen LogP contribution in [0.25, 0.3) is 0 Å². The third kappa shape index (κ3) is 7.48. The average molecular weight is 494 g/mol. The number of hydrogen-bond acceptors (Lipinski definition) is 3. The second-order valence-corrected chi connectivity index (χ2v) is 11.8. The Bertz CT molecular complexity index is 708. The van der Waals surface area contributed by atoms with E-state index in [0.29, 0.717) is 21.1 Å². The molecule has 0 aromatic heterocycles. The number of halogens is 3.